The minimum atomic E-state index is -0.180. The van der Waals surface area contributed by atoms with Crippen molar-refractivity contribution in [3.05, 3.63) is 52.1 Å². The van der Waals surface area contributed by atoms with Crippen molar-refractivity contribution in [2.24, 2.45) is 4.99 Å². The molecule has 2 aromatic carbocycles. The van der Waals surface area contributed by atoms with Gasteiger partial charge >= 0.3 is 0 Å². The van der Waals surface area contributed by atoms with Crippen LogP contribution in [0.15, 0.2) is 29.3 Å². The summed E-state index contributed by atoms with van der Waals surface area (Å²) in [5.41, 5.74) is 5.21. The molecule has 0 saturated carbocycles. The lowest BCUT2D eigenvalue weighted by Crippen LogP contribution is -2.22. The molecule has 0 radical (unpaired) electrons. The Morgan fingerprint density at radius 3 is 1.85 bits per heavy atom. The van der Waals surface area contributed by atoms with E-state index in [9.17, 15) is 10.2 Å². The SMILES string of the molecule is Cc1cc(O)cc(C)c1N=Cc1ccc(C(C)(C)C)c(C(C)(C)C)c1O. The fourth-order valence-corrected chi connectivity index (χ4v) is 3.37. The molecule has 0 aliphatic carbocycles. The third kappa shape index (κ3) is 4.09. The average Bonchev–Trinajstić information content (AvgIpc) is 2.44. The average molecular weight is 354 g/mol. The van der Waals surface area contributed by atoms with Crippen molar-refractivity contribution in [3.63, 3.8) is 0 Å². The largest absolute Gasteiger partial charge is 0.508 e. The van der Waals surface area contributed by atoms with Gasteiger partial charge in [-0.25, -0.2) is 0 Å². The molecule has 3 heteroatoms. The van der Waals surface area contributed by atoms with E-state index in [0.29, 0.717) is 11.3 Å². The first-order valence-corrected chi connectivity index (χ1v) is 9.03. The smallest absolute Gasteiger partial charge is 0.128 e. The Balaban J connectivity index is 2.60. The predicted octanol–water partition coefficient (Wildman–Crippen LogP) is 6.06. The molecule has 0 heterocycles. The topological polar surface area (TPSA) is 52.8 Å². The molecule has 2 N–H and O–H groups in total. The summed E-state index contributed by atoms with van der Waals surface area (Å²) in [5.74, 6) is 0.536. The zero-order valence-corrected chi connectivity index (χ0v) is 17.2. The molecule has 0 aromatic heterocycles. The molecule has 0 aliphatic heterocycles. The maximum Gasteiger partial charge on any atom is 0.128 e. The van der Waals surface area contributed by atoms with E-state index >= 15 is 0 Å². The van der Waals surface area contributed by atoms with E-state index < -0.39 is 0 Å². The van der Waals surface area contributed by atoms with Crippen molar-refractivity contribution in [1.29, 1.82) is 0 Å². The molecule has 0 aliphatic rings. The second-order valence-corrected chi connectivity index (χ2v) is 9.11. The van der Waals surface area contributed by atoms with Gasteiger partial charge in [-0.1, -0.05) is 47.6 Å². The van der Waals surface area contributed by atoms with Crippen molar-refractivity contribution < 1.29 is 10.2 Å². The van der Waals surface area contributed by atoms with Gasteiger partial charge in [0, 0.05) is 17.3 Å². The number of aromatic hydroxyl groups is 2. The Hall–Kier alpha value is -2.29. The number of nitrogens with zero attached hydrogens (tertiary/aromatic N) is 1. The van der Waals surface area contributed by atoms with Crippen molar-refractivity contribution >= 4 is 11.9 Å². The van der Waals surface area contributed by atoms with Crippen LogP contribution in [-0.2, 0) is 10.8 Å². The standard InChI is InChI=1S/C23H31NO2/c1-14-11-17(25)12-15(2)20(14)24-13-16-9-10-18(22(3,4)5)19(21(16)26)23(6,7)8/h9-13,25-26H,1-8H3. The number of aryl methyl sites for hydroxylation is 2. The van der Waals surface area contributed by atoms with E-state index in [2.05, 4.69) is 52.6 Å². The summed E-state index contributed by atoms with van der Waals surface area (Å²) in [6.45, 7) is 16.7. The lowest BCUT2D eigenvalue weighted by atomic mass is 9.74. The molecule has 0 bridgehead atoms. The first-order valence-electron chi connectivity index (χ1n) is 9.03. The highest BCUT2D eigenvalue weighted by molar-refractivity contribution is 5.87. The van der Waals surface area contributed by atoms with Crippen LogP contribution in [0.1, 0.15) is 69.4 Å². The van der Waals surface area contributed by atoms with Crippen LogP contribution in [0.3, 0.4) is 0 Å². The molecule has 2 aromatic rings. The van der Waals surface area contributed by atoms with Crippen molar-refractivity contribution in [1.82, 2.24) is 0 Å². The van der Waals surface area contributed by atoms with Crippen LogP contribution >= 0.6 is 0 Å². The van der Waals surface area contributed by atoms with Crippen molar-refractivity contribution in [2.45, 2.75) is 66.2 Å². The highest BCUT2D eigenvalue weighted by Crippen LogP contribution is 2.41. The van der Waals surface area contributed by atoms with Gasteiger partial charge in [-0.05, 0) is 59.6 Å². The third-order valence-corrected chi connectivity index (χ3v) is 4.58. The van der Waals surface area contributed by atoms with Crippen LogP contribution in [0.5, 0.6) is 11.5 Å². The molecule has 0 saturated heterocycles. The summed E-state index contributed by atoms with van der Waals surface area (Å²) in [6, 6.07) is 7.42. The molecular formula is C23H31NO2. The van der Waals surface area contributed by atoms with Gasteiger partial charge in [0.15, 0.2) is 0 Å². The third-order valence-electron chi connectivity index (χ3n) is 4.58. The number of hydrogen-bond donors (Lipinski definition) is 2. The Labute approximate surface area is 157 Å². The Kier molecular flexibility index (Phi) is 5.23. The number of phenolic OH excluding ortho intramolecular Hbond substituents is 2. The van der Waals surface area contributed by atoms with Gasteiger partial charge in [-0.3, -0.25) is 4.99 Å². The molecule has 0 amide bonds. The molecule has 0 spiro atoms. The van der Waals surface area contributed by atoms with Gasteiger partial charge in [-0.15, -0.1) is 0 Å². The first kappa shape index (κ1) is 20.0. The molecule has 0 unspecified atom stereocenters. The van der Waals surface area contributed by atoms with Crippen LogP contribution in [-0.4, -0.2) is 16.4 Å². The number of aliphatic imine (C=N–C) groups is 1. The lowest BCUT2D eigenvalue weighted by molar-refractivity contribution is 0.434. The minimum Gasteiger partial charge on any atom is -0.508 e. The summed E-state index contributed by atoms with van der Waals surface area (Å²) in [4.78, 5) is 4.60. The van der Waals surface area contributed by atoms with Gasteiger partial charge in [0.1, 0.15) is 11.5 Å². The van der Waals surface area contributed by atoms with Crippen molar-refractivity contribution in [3.8, 4) is 11.5 Å². The van der Waals surface area contributed by atoms with Crippen LogP contribution in [0, 0.1) is 13.8 Å². The van der Waals surface area contributed by atoms with Crippen LogP contribution in [0.25, 0.3) is 0 Å². The number of hydrogen-bond acceptors (Lipinski definition) is 3. The second kappa shape index (κ2) is 6.79. The van der Waals surface area contributed by atoms with Crippen LogP contribution in [0.2, 0.25) is 0 Å². The van der Waals surface area contributed by atoms with E-state index in [1.165, 1.54) is 0 Å². The zero-order valence-electron chi connectivity index (χ0n) is 17.2. The minimum absolute atomic E-state index is 0.0557. The highest BCUT2D eigenvalue weighted by Gasteiger charge is 2.29. The molecule has 2 rings (SSSR count). The maximum absolute atomic E-state index is 11.0. The van der Waals surface area contributed by atoms with E-state index in [-0.39, 0.29) is 16.6 Å². The van der Waals surface area contributed by atoms with Gasteiger partial charge < -0.3 is 10.2 Å². The van der Waals surface area contributed by atoms with Crippen LogP contribution < -0.4 is 0 Å². The Morgan fingerprint density at radius 2 is 1.38 bits per heavy atom. The molecular weight excluding hydrogens is 322 g/mol. The van der Waals surface area contributed by atoms with Crippen LogP contribution in [0.4, 0.5) is 5.69 Å². The first-order chi connectivity index (χ1) is 11.8. The molecule has 3 nitrogen and oxygen atoms in total. The summed E-state index contributed by atoms with van der Waals surface area (Å²) >= 11 is 0. The van der Waals surface area contributed by atoms with E-state index in [1.807, 2.05) is 19.9 Å². The zero-order chi connectivity index (χ0) is 19.9. The lowest BCUT2D eigenvalue weighted by Gasteiger charge is -2.31. The maximum atomic E-state index is 11.0. The van der Waals surface area contributed by atoms with E-state index in [4.69, 9.17) is 0 Å². The fraction of sp³-hybridized carbons (Fsp3) is 0.435. The molecule has 0 atom stereocenters. The van der Waals surface area contributed by atoms with Gasteiger partial charge in [0.05, 0.1) is 5.69 Å². The summed E-state index contributed by atoms with van der Waals surface area (Å²) in [7, 11) is 0. The van der Waals surface area contributed by atoms with Gasteiger partial charge in [0.25, 0.3) is 0 Å². The normalized spacial score (nSPS) is 12.8. The highest BCUT2D eigenvalue weighted by atomic mass is 16.3. The van der Waals surface area contributed by atoms with Gasteiger partial charge in [0.2, 0.25) is 0 Å². The summed E-state index contributed by atoms with van der Waals surface area (Å²) in [6.07, 6.45) is 1.71. The number of rotatable bonds is 2. The van der Waals surface area contributed by atoms with E-state index in [0.717, 1.165) is 27.9 Å². The molecule has 140 valence electrons. The van der Waals surface area contributed by atoms with Gasteiger partial charge in [-0.2, -0.15) is 0 Å². The number of phenols is 2. The second-order valence-electron chi connectivity index (χ2n) is 9.11. The van der Waals surface area contributed by atoms with E-state index in [1.54, 1.807) is 18.3 Å². The number of benzene rings is 2. The predicted molar refractivity (Wildman–Crippen MR) is 110 cm³/mol. The fourth-order valence-electron chi connectivity index (χ4n) is 3.37. The molecule has 26 heavy (non-hydrogen) atoms. The Morgan fingerprint density at radius 1 is 0.846 bits per heavy atom. The molecule has 0 fully saturated rings. The summed E-state index contributed by atoms with van der Waals surface area (Å²) in [5, 5.41) is 20.7. The Bertz CT molecular complexity index is 827. The van der Waals surface area contributed by atoms with Crippen molar-refractivity contribution in [2.75, 3.05) is 0 Å². The monoisotopic (exact) mass is 353 g/mol. The quantitative estimate of drug-likeness (QED) is 0.645. The summed E-state index contributed by atoms with van der Waals surface area (Å²) < 4.78 is 0.